The minimum absolute atomic E-state index is 0.339. The topological polar surface area (TPSA) is 86.3 Å². The monoisotopic (exact) mass is 278 g/mol. The number of hydrogen-bond donors (Lipinski definition) is 0. The summed E-state index contributed by atoms with van der Waals surface area (Å²) in [5, 5.41) is 22.0. The summed E-state index contributed by atoms with van der Waals surface area (Å²) in [5.41, 5.74) is 0.163. The first-order valence-electron chi connectivity index (χ1n) is 5.18. The molecule has 2 aromatic carbocycles. The van der Waals surface area contributed by atoms with Crippen molar-refractivity contribution in [3.63, 3.8) is 0 Å². The molecule has 0 saturated carbocycles. The van der Waals surface area contributed by atoms with Crippen LogP contribution in [0, 0.1) is 20.2 Å². The molecule has 0 atom stereocenters. The number of benzene rings is 2. The van der Waals surface area contributed by atoms with Crippen molar-refractivity contribution in [3.05, 3.63) is 67.7 Å². The summed E-state index contributed by atoms with van der Waals surface area (Å²) in [5.74, 6) is 0. The van der Waals surface area contributed by atoms with Gasteiger partial charge in [0.15, 0.2) is 0 Å². The fraction of sp³-hybridized carbons (Fsp3) is 0. The quantitative estimate of drug-likeness (QED) is 0.631. The molecule has 0 saturated heterocycles. The van der Waals surface area contributed by atoms with Gasteiger partial charge in [-0.25, -0.2) is 0 Å². The highest BCUT2D eigenvalue weighted by Gasteiger charge is 2.17. The maximum atomic E-state index is 10.8. The Morgan fingerprint density at radius 1 is 0.895 bits per heavy atom. The Morgan fingerprint density at radius 3 is 1.89 bits per heavy atom. The first-order chi connectivity index (χ1) is 8.99. The molecule has 6 nitrogen and oxygen atoms in total. The number of rotatable bonds is 3. The number of nitrogens with zero attached hydrogens (tertiary/aromatic N) is 2. The van der Waals surface area contributed by atoms with Gasteiger partial charge in [0, 0.05) is 22.7 Å². The lowest BCUT2D eigenvalue weighted by Gasteiger charge is -2.04. The highest BCUT2D eigenvalue weighted by molar-refractivity contribution is 6.33. The van der Waals surface area contributed by atoms with Crippen LogP contribution in [0.4, 0.5) is 11.4 Å². The summed E-state index contributed by atoms with van der Waals surface area (Å²) in [7, 11) is 0. The van der Waals surface area contributed by atoms with Gasteiger partial charge in [-0.2, -0.15) is 0 Å². The van der Waals surface area contributed by atoms with Gasteiger partial charge >= 0.3 is 0 Å². The van der Waals surface area contributed by atoms with Gasteiger partial charge in [-0.1, -0.05) is 29.8 Å². The predicted molar refractivity (Wildman–Crippen MR) is 70.2 cm³/mol. The Bertz CT molecular complexity index is 640. The molecule has 0 aliphatic carbocycles. The van der Waals surface area contributed by atoms with E-state index in [1.807, 2.05) is 0 Å². The van der Waals surface area contributed by atoms with Crippen LogP contribution in [0.15, 0.2) is 42.5 Å². The molecule has 0 aliphatic heterocycles. The van der Waals surface area contributed by atoms with Gasteiger partial charge in [-0.05, 0) is 11.6 Å². The van der Waals surface area contributed by atoms with Gasteiger partial charge in [0.2, 0.25) is 0 Å². The van der Waals surface area contributed by atoms with Crippen LogP contribution in [0.5, 0.6) is 0 Å². The van der Waals surface area contributed by atoms with Crippen molar-refractivity contribution in [2.75, 3.05) is 0 Å². The van der Waals surface area contributed by atoms with Crippen LogP contribution in [-0.2, 0) is 0 Å². The van der Waals surface area contributed by atoms with Crippen molar-refractivity contribution in [2.24, 2.45) is 0 Å². The van der Waals surface area contributed by atoms with E-state index in [0.717, 1.165) is 6.07 Å². The Kier molecular flexibility index (Phi) is 3.43. The number of nitro groups is 2. The van der Waals surface area contributed by atoms with Crippen molar-refractivity contribution >= 4 is 23.0 Å². The van der Waals surface area contributed by atoms with Crippen LogP contribution < -0.4 is 0 Å². The van der Waals surface area contributed by atoms with E-state index >= 15 is 0 Å². The highest BCUT2D eigenvalue weighted by Crippen LogP contribution is 2.33. The van der Waals surface area contributed by atoms with Crippen LogP contribution >= 0.6 is 11.6 Å². The van der Waals surface area contributed by atoms with Crippen LogP contribution in [0.25, 0.3) is 11.1 Å². The van der Waals surface area contributed by atoms with Crippen molar-refractivity contribution in [2.45, 2.75) is 0 Å². The molecule has 0 radical (unpaired) electrons. The van der Waals surface area contributed by atoms with Gasteiger partial charge in [0.25, 0.3) is 11.4 Å². The third-order valence-electron chi connectivity index (χ3n) is 2.51. The average Bonchev–Trinajstić information content (AvgIpc) is 2.38. The maximum Gasteiger partial charge on any atom is 0.276 e. The molecule has 2 aromatic rings. The van der Waals surface area contributed by atoms with E-state index in [1.54, 1.807) is 24.3 Å². The van der Waals surface area contributed by atoms with Gasteiger partial charge in [-0.3, -0.25) is 20.2 Å². The molecular formula is C12H7ClN2O4. The second kappa shape index (κ2) is 5.03. The summed E-state index contributed by atoms with van der Waals surface area (Å²) >= 11 is 5.98. The van der Waals surface area contributed by atoms with Crippen molar-refractivity contribution in [3.8, 4) is 11.1 Å². The minimum atomic E-state index is -0.673. The Morgan fingerprint density at radius 2 is 1.42 bits per heavy atom. The first kappa shape index (κ1) is 13.0. The Hall–Kier alpha value is -2.47. The summed E-state index contributed by atoms with van der Waals surface area (Å²) in [6, 6.07) is 10.1. The van der Waals surface area contributed by atoms with Crippen LogP contribution in [0.2, 0.25) is 5.02 Å². The molecule has 19 heavy (non-hydrogen) atoms. The van der Waals surface area contributed by atoms with Crippen LogP contribution in [0.1, 0.15) is 0 Å². The fourth-order valence-corrected chi connectivity index (χ4v) is 1.90. The summed E-state index contributed by atoms with van der Waals surface area (Å²) in [6.45, 7) is 0. The van der Waals surface area contributed by atoms with Gasteiger partial charge in [0.1, 0.15) is 0 Å². The zero-order valence-corrected chi connectivity index (χ0v) is 10.2. The van der Waals surface area contributed by atoms with E-state index in [4.69, 9.17) is 11.6 Å². The number of halogens is 1. The lowest BCUT2D eigenvalue weighted by atomic mass is 10.0. The highest BCUT2D eigenvalue weighted by atomic mass is 35.5. The van der Waals surface area contributed by atoms with Crippen LogP contribution in [-0.4, -0.2) is 9.85 Å². The molecule has 0 aliphatic rings. The van der Waals surface area contributed by atoms with E-state index < -0.39 is 9.85 Å². The third-order valence-corrected chi connectivity index (χ3v) is 2.84. The molecule has 96 valence electrons. The number of non-ortho nitro benzene ring substituents is 2. The summed E-state index contributed by atoms with van der Waals surface area (Å²) in [4.78, 5) is 20.2. The lowest BCUT2D eigenvalue weighted by molar-refractivity contribution is -0.394. The van der Waals surface area contributed by atoms with E-state index in [9.17, 15) is 20.2 Å². The van der Waals surface area contributed by atoms with E-state index in [1.165, 1.54) is 12.1 Å². The van der Waals surface area contributed by atoms with Gasteiger partial charge in [0.05, 0.1) is 15.9 Å². The summed E-state index contributed by atoms with van der Waals surface area (Å²) < 4.78 is 0. The number of hydrogen-bond acceptors (Lipinski definition) is 4. The van der Waals surface area contributed by atoms with Gasteiger partial charge < -0.3 is 0 Å². The Labute approximate surface area is 112 Å². The van der Waals surface area contributed by atoms with Gasteiger partial charge in [-0.15, -0.1) is 0 Å². The molecule has 0 fully saturated rings. The zero-order valence-electron chi connectivity index (χ0n) is 9.45. The molecule has 0 aromatic heterocycles. The van der Waals surface area contributed by atoms with E-state index in [2.05, 4.69) is 0 Å². The molecule has 0 amide bonds. The molecule has 2 rings (SSSR count). The first-order valence-corrected chi connectivity index (χ1v) is 5.55. The Balaban J connectivity index is 2.67. The molecule has 0 N–H and O–H groups in total. The van der Waals surface area contributed by atoms with Crippen molar-refractivity contribution < 1.29 is 9.85 Å². The molecule has 0 unspecified atom stereocenters. The molecule has 7 heteroatoms. The largest absolute Gasteiger partial charge is 0.276 e. The summed E-state index contributed by atoms with van der Waals surface area (Å²) in [6.07, 6.45) is 0. The van der Waals surface area contributed by atoms with Crippen LogP contribution in [0.3, 0.4) is 0 Å². The SMILES string of the molecule is O=[N+]([O-])c1cc(-c2ccccc2Cl)cc([N+](=O)[O-])c1. The van der Waals surface area contributed by atoms with E-state index in [-0.39, 0.29) is 11.4 Å². The normalized spacial score (nSPS) is 10.2. The maximum absolute atomic E-state index is 10.8. The smallest absolute Gasteiger partial charge is 0.258 e. The van der Waals surface area contributed by atoms with E-state index in [0.29, 0.717) is 16.1 Å². The second-order valence-corrected chi connectivity index (χ2v) is 4.14. The molecule has 0 heterocycles. The lowest BCUT2D eigenvalue weighted by Crippen LogP contribution is -1.94. The predicted octanol–water partition coefficient (Wildman–Crippen LogP) is 3.82. The standard InChI is InChI=1S/C12H7ClN2O4/c13-12-4-2-1-3-11(12)8-5-9(14(16)17)7-10(6-8)15(18)19/h1-7H. The minimum Gasteiger partial charge on any atom is -0.258 e. The zero-order chi connectivity index (χ0) is 14.0. The fourth-order valence-electron chi connectivity index (χ4n) is 1.66. The average molecular weight is 279 g/mol. The third kappa shape index (κ3) is 2.69. The van der Waals surface area contributed by atoms with Crippen molar-refractivity contribution in [1.82, 2.24) is 0 Å². The molecule has 0 spiro atoms. The molecule has 0 bridgehead atoms. The number of nitro benzene ring substituents is 2. The second-order valence-electron chi connectivity index (χ2n) is 3.73. The van der Waals surface area contributed by atoms with Crippen molar-refractivity contribution in [1.29, 1.82) is 0 Å². The molecular weight excluding hydrogens is 272 g/mol.